The topological polar surface area (TPSA) is 30.2 Å². The summed E-state index contributed by atoms with van der Waals surface area (Å²) in [5.41, 5.74) is 3.37. The van der Waals surface area contributed by atoms with Crippen molar-refractivity contribution in [2.45, 2.75) is 25.7 Å². The fourth-order valence-corrected chi connectivity index (χ4v) is 2.88. The van der Waals surface area contributed by atoms with E-state index in [1.54, 1.807) is 0 Å². The smallest absolute Gasteiger partial charge is 0.170 e. The molecule has 3 rings (SSSR count). The Morgan fingerprint density at radius 1 is 1.27 bits per heavy atom. The third kappa shape index (κ3) is 1.47. The molecular weight excluding hydrogens is 277 g/mol. The van der Waals surface area contributed by atoms with E-state index in [1.807, 2.05) is 6.20 Å². The lowest BCUT2D eigenvalue weighted by Crippen LogP contribution is -2.03. The van der Waals surface area contributed by atoms with E-state index in [4.69, 9.17) is 11.6 Å². The van der Waals surface area contributed by atoms with E-state index in [1.165, 1.54) is 24.2 Å². The minimum Gasteiger partial charge on any atom is -0.298 e. The van der Waals surface area contributed by atoms with Crippen LogP contribution in [-0.2, 0) is 12.8 Å². The Kier molecular flexibility index (Phi) is 2.21. The Labute approximate surface area is 101 Å². The maximum atomic E-state index is 5.93. The molecule has 0 aromatic carbocycles. The Morgan fingerprint density at radius 3 is 2.93 bits per heavy atom. The second kappa shape index (κ2) is 3.46. The summed E-state index contributed by atoms with van der Waals surface area (Å²) in [6.45, 7) is 0. The van der Waals surface area contributed by atoms with Gasteiger partial charge in [-0.15, -0.1) is 0 Å². The van der Waals surface area contributed by atoms with E-state index in [0.29, 0.717) is 5.15 Å². The average Bonchev–Trinajstić information content (AvgIpc) is 2.57. The van der Waals surface area contributed by atoms with Crippen LogP contribution in [0.3, 0.4) is 0 Å². The summed E-state index contributed by atoms with van der Waals surface area (Å²) < 4.78 is 2.79. The largest absolute Gasteiger partial charge is 0.298 e. The second-order valence-corrected chi connectivity index (χ2v) is 4.90. The standard InChI is InChI=1S/C10H9BrClN3/c11-9-10-13-6-3-1-2-4-7(6)15(10)5-8(12)14-9/h5H,1-4H2. The minimum absolute atomic E-state index is 0.500. The highest BCUT2D eigenvalue weighted by Crippen LogP contribution is 2.26. The van der Waals surface area contributed by atoms with Gasteiger partial charge >= 0.3 is 0 Å². The monoisotopic (exact) mass is 285 g/mol. The summed E-state index contributed by atoms with van der Waals surface area (Å²) in [6, 6.07) is 0. The number of imidazole rings is 1. The van der Waals surface area contributed by atoms with Crippen LogP contribution in [0.2, 0.25) is 5.15 Å². The van der Waals surface area contributed by atoms with E-state index in [2.05, 4.69) is 30.3 Å². The van der Waals surface area contributed by atoms with E-state index in [-0.39, 0.29) is 0 Å². The molecule has 2 aromatic rings. The summed E-state index contributed by atoms with van der Waals surface area (Å²) in [6.07, 6.45) is 6.47. The van der Waals surface area contributed by atoms with Crippen LogP contribution in [0.4, 0.5) is 0 Å². The lowest BCUT2D eigenvalue weighted by Gasteiger charge is -2.09. The van der Waals surface area contributed by atoms with Gasteiger partial charge in [-0.2, -0.15) is 0 Å². The fraction of sp³-hybridized carbons (Fsp3) is 0.400. The van der Waals surface area contributed by atoms with Crippen molar-refractivity contribution < 1.29 is 0 Å². The summed E-state index contributed by atoms with van der Waals surface area (Å²) in [7, 11) is 0. The molecule has 0 atom stereocenters. The lowest BCUT2D eigenvalue weighted by atomic mass is 10.0. The van der Waals surface area contributed by atoms with Crippen LogP contribution in [0.25, 0.3) is 5.65 Å². The van der Waals surface area contributed by atoms with Crippen LogP contribution in [0.1, 0.15) is 24.2 Å². The number of hydrogen-bond acceptors (Lipinski definition) is 2. The van der Waals surface area contributed by atoms with E-state index in [0.717, 1.165) is 23.1 Å². The number of rotatable bonds is 0. The molecule has 2 heterocycles. The normalized spacial score (nSPS) is 15.6. The molecule has 0 unspecified atom stereocenters. The third-order valence-electron chi connectivity index (χ3n) is 2.80. The van der Waals surface area contributed by atoms with E-state index in [9.17, 15) is 0 Å². The third-order valence-corrected chi connectivity index (χ3v) is 3.51. The molecule has 0 saturated heterocycles. The predicted molar refractivity (Wildman–Crippen MR) is 62.3 cm³/mol. The molecule has 1 aliphatic carbocycles. The van der Waals surface area contributed by atoms with Crippen LogP contribution in [0.15, 0.2) is 10.8 Å². The van der Waals surface area contributed by atoms with Crippen molar-refractivity contribution in [2.75, 3.05) is 0 Å². The molecule has 0 spiro atoms. The van der Waals surface area contributed by atoms with Gasteiger partial charge in [0.15, 0.2) is 10.3 Å². The number of nitrogens with zero attached hydrogens (tertiary/aromatic N) is 3. The number of halogens is 2. The van der Waals surface area contributed by atoms with Crippen molar-refractivity contribution in [1.29, 1.82) is 0 Å². The molecule has 0 radical (unpaired) electrons. The van der Waals surface area contributed by atoms with Gasteiger partial charge in [-0.1, -0.05) is 11.6 Å². The van der Waals surface area contributed by atoms with Crippen molar-refractivity contribution >= 4 is 33.2 Å². The van der Waals surface area contributed by atoms with Gasteiger partial charge in [0.2, 0.25) is 0 Å². The fourth-order valence-electron chi connectivity index (χ4n) is 2.13. The van der Waals surface area contributed by atoms with Gasteiger partial charge in [0, 0.05) is 11.9 Å². The first kappa shape index (κ1) is 9.60. The van der Waals surface area contributed by atoms with Crippen molar-refractivity contribution in [2.24, 2.45) is 0 Å². The Morgan fingerprint density at radius 2 is 2.07 bits per heavy atom. The van der Waals surface area contributed by atoms with Crippen LogP contribution in [0, 0.1) is 0 Å². The molecule has 5 heteroatoms. The highest BCUT2D eigenvalue weighted by atomic mass is 79.9. The van der Waals surface area contributed by atoms with Crippen LogP contribution in [0.5, 0.6) is 0 Å². The number of aryl methyl sites for hydroxylation is 2. The Hall–Kier alpha value is -0.610. The van der Waals surface area contributed by atoms with Crippen LogP contribution >= 0.6 is 27.5 Å². The van der Waals surface area contributed by atoms with E-state index >= 15 is 0 Å². The maximum absolute atomic E-state index is 5.93. The summed E-state index contributed by atoms with van der Waals surface area (Å²) >= 11 is 9.33. The van der Waals surface area contributed by atoms with Gasteiger partial charge in [-0.25, -0.2) is 9.97 Å². The van der Waals surface area contributed by atoms with Gasteiger partial charge in [-0.05, 0) is 41.6 Å². The van der Waals surface area contributed by atoms with E-state index < -0.39 is 0 Å². The maximum Gasteiger partial charge on any atom is 0.170 e. The van der Waals surface area contributed by atoms with Gasteiger partial charge in [0.25, 0.3) is 0 Å². The van der Waals surface area contributed by atoms with Crippen molar-refractivity contribution in [1.82, 2.24) is 14.4 Å². The molecule has 0 bridgehead atoms. The zero-order valence-corrected chi connectivity index (χ0v) is 10.3. The molecule has 78 valence electrons. The molecule has 2 aromatic heterocycles. The van der Waals surface area contributed by atoms with Crippen molar-refractivity contribution in [3.8, 4) is 0 Å². The molecule has 0 saturated carbocycles. The lowest BCUT2D eigenvalue weighted by molar-refractivity contribution is 0.660. The van der Waals surface area contributed by atoms with Crippen LogP contribution in [-0.4, -0.2) is 14.4 Å². The number of fused-ring (bicyclic) bond motifs is 3. The molecule has 0 N–H and O–H groups in total. The Balaban J connectivity index is 2.37. The molecule has 3 nitrogen and oxygen atoms in total. The minimum atomic E-state index is 0.500. The summed E-state index contributed by atoms with van der Waals surface area (Å²) in [4.78, 5) is 8.73. The van der Waals surface area contributed by atoms with Gasteiger partial charge < -0.3 is 0 Å². The highest BCUT2D eigenvalue weighted by Gasteiger charge is 2.18. The molecule has 0 amide bonds. The van der Waals surface area contributed by atoms with Gasteiger partial charge in [0.1, 0.15) is 5.15 Å². The summed E-state index contributed by atoms with van der Waals surface area (Å²) in [5, 5.41) is 0.500. The average molecular weight is 287 g/mol. The highest BCUT2D eigenvalue weighted by molar-refractivity contribution is 9.10. The zero-order chi connectivity index (χ0) is 10.4. The molecule has 15 heavy (non-hydrogen) atoms. The van der Waals surface area contributed by atoms with Gasteiger partial charge in [0.05, 0.1) is 5.69 Å². The SMILES string of the molecule is Clc1cn2c3c(nc2c(Br)n1)CCCC3. The first-order valence-corrected chi connectivity index (χ1v) is 6.14. The van der Waals surface area contributed by atoms with Crippen molar-refractivity contribution in [3.05, 3.63) is 27.3 Å². The predicted octanol–water partition coefficient (Wildman–Crippen LogP) is 3.02. The number of aromatic nitrogens is 3. The first-order valence-electron chi connectivity index (χ1n) is 4.97. The quantitative estimate of drug-likeness (QED) is 0.745. The number of hydrogen-bond donors (Lipinski definition) is 0. The first-order chi connectivity index (χ1) is 7.25. The van der Waals surface area contributed by atoms with Crippen molar-refractivity contribution in [3.63, 3.8) is 0 Å². The Bertz CT molecular complexity index is 535. The molecule has 0 fully saturated rings. The zero-order valence-electron chi connectivity index (χ0n) is 8.00. The summed E-state index contributed by atoms with van der Waals surface area (Å²) in [5.74, 6) is 0. The second-order valence-electron chi connectivity index (χ2n) is 3.76. The molecular formula is C10H9BrClN3. The molecule has 1 aliphatic rings. The van der Waals surface area contributed by atoms with Gasteiger partial charge in [-0.3, -0.25) is 4.40 Å². The van der Waals surface area contributed by atoms with Crippen LogP contribution < -0.4 is 0 Å². The molecule has 0 aliphatic heterocycles.